The van der Waals surface area contributed by atoms with Crippen LogP contribution in [-0.4, -0.2) is 55.7 Å². The quantitative estimate of drug-likeness (QED) is 0.203. The molecule has 0 radical (unpaired) electrons. The third-order valence-corrected chi connectivity index (χ3v) is 8.08. The van der Waals surface area contributed by atoms with Crippen molar-refractivity contribution in [3.8, 4) is 0 Å². The molecule has 8 heteroatoms. The minimum atomic E-state index is -1.07. The van der Waals surface area contributed by atoms with Gasteiger partial charge in [-0.1, -0.05) is 35.5 Å². The molecule has 218 valence electrons. The highest BCUT2D eigenvalue weighted by molar-refractivity contribution is 5.68. The number of hydrogen-bond donors (Lipinski definition) is 0. The van der Waals surface area contributed by atoms with Gasteiger partial charge in [0.1, 0.15) is 0 Å². The fourth-order valence-corrected chi connectivity index (χ4v) is 6.36. The molecule has 3 aliphatic rings. The van der Waals surface area contributed by atoms with Gasteiger partial charge in [-0.3, -0.25) is 14.4 Å². The van der Waals surface area contributed by atoms with Gasteiger partial charge in [0.2, 0.25) is 0 Å². The third kappa shape index (κ3) is 8.77. The molecule has 1 unspecified atom stereocenters. The molecule has 1 aliphatic heterocycles. The van der Waals surface area contributed by atoms with Crippen molar-refractivity contribution in [2.24, 2.45) is 23.7 Å². The second-order valence-corrected chi connectivity index (χ2v) is 11.5. The van der Waals surface area contributed by atoms with E-state index in [9.17, 15) is 14.4 Å². The predicted molar refractivity (Wildman–Crippen MR) is 146 cm³/mol. The first-order chi connectivity index (χ1) is 18.5. The summed E-state index contributed by atoms with van der Waals surface area (Å²) in [5.41, 5.74) is 4.07. The van der Waals surface area contributed by atoms with E-state index in [2.05, 4.69) is 39.5 Å². The van der Waals surface area contributed by atoms with Gasteiger partial charge in [0.15, 0.2) is 24.6 Å². The largest absolute Gasteiger partial charge is 0.456 e. The van der Waals surface area contributed by atoms with Gasteiger partial charge in [-0.2, -0.15) is 0 Å². The highest BCUT2D eigenvalue weighted by atomic mass is 16.7. The smallest absolute Gasteiger partial charge is 0.303 e. The summed E-state index contributed by atoms with van der Waals surface area (Å²) in [5, 5.41) is 0. The molecule has 2 fully saturated rings. The van der Waals surface area contributed by atoms with Gasteiger partial charge >= 0.3 is 17.9 Å². The summed E-state index contributed by atoms with van der Waals surface area (Å²) in [6.45, 7) is 15.0. The number of rotatable bonds is 10. The number of allylic oxidation sites excluding steroid dienone is 5. The molecular weight excluding hydrogens is 500 g/mol. The van der Waals surface area contributed by atoms with Gasteiger partial charge < -0.3 is 23.7 Å². The molecule has 0 bridgehead atoms. The van der Waals surface area contributed by atoms with Crippen molar-refractivity contribution in [1.29, 1.82) is 0 Å². The lowest BCUT2D eigenvalue weighted by Gasteiger charge is -2.45. The van der Waals surface area contributed by atoms with Crippen molar-refractivity contribution < 1.29 is 38.1 Å². The number of carbonyl (C=O) groups is 3. The SMILES string of the molecule is C=C1CC[C@@H](C(CCC=C(C)C)CO[C@H]2OC[C@H](OC(C)=O)[C@@H](OC(C)=O)[C@@H]2OC(C)=O)[C@@H]2C=C(C)CC[C@H]12. The van der Waals surface area contributed by atoms with Crippen molar-refractivity contribution in [2.75, 3.05) is 13.2 Å². The van der Waals surface area contributed by atoms with E-state index in [0.29, 0.717) is 24.4 Å². The van der Waals surface area contributed by atoms with Gasteiger partial charge in [0.25, 0.3) is 0 Å². The van der Waals surface area contributed by atoms with E-state index in [1.54, 1.807) is 0 Å². The van der Waals surface area contributed by atoms with E-state index in [4.69, 9.17) is 23.7 Å². The fourth-order valence-electron chi connectivity index (χ4n) is 6.36. The highest BCUT2D eigenvalue weighted by Crippen LogP contribution is 2.48. The maximum Gasteiger partial charge on any atom is 0.303 e. The molecule has 0 aromatic carbocycles. The molecule has 3 rings (SSSR count). The third-order valence-electron chi connectivity index (χ3n) is 8.08. The molecular formula is C31H46O8. The van der Waals surface area contributed by atoms with Crippen molar-refractivity contribution in [3.05, 3.63) is 35.5 Å². The van der Waals surface area contributed by atoms with E-state index in [1.807, 2.05) is 0 Å². The van der Waals surface area contributed by atoms with Gasteiger partial charge in [0.05, 0.1) is 13.2 Å². The van der Waals surface area contributed by atoms with Crippen LogP contribution in [0.2, 0.25) is 0 Å². The van der Waals surface area contributed by atoms with E-state index in [-0.39, 0.29) is 12.5 Å². The summed E-state index contributed by atoms with van der Waals surface area (Å²) >= 11 is 0. The molecule has 1 saturated carbocycles. The van der Waals surface area contributed by atoms with Crippen molar-refractivity contribution in [2.45, 2.75) is 105 Å². The Hall–Kier alpha value is -2.45. The Morgan fingerprint density at radius 1 is 1.00 bits per heavy atom. The summed E-state index contributed by atoms with van der Waals surface area (Å²) in [6.07, 6.45) is 6.95. The number of fused-ring (bicyclic) bond motifs is 1. The molecule has 8 atom stereocenters. The van der Waals surface area contributed by atoms with Crippen LogP contribution in [0.1, 0.15) is 80.1 Å². The van der Waals surface area contributed by atoms with Crippen LogP contribution in [0.25, 0.3) is 0 Å². The zero-order valence-corrected chi connectivity index (χ0v) is 24.4. The lowest BCUT2D eigenvalue weighted by molar-refractivity contribution is -0.284. The van der Waals surface area contributed by atoms with Crippen molar-refractivity contribution in [3.63, 3.8) is 0 Å². The monoisotopic (exact) mass is 546 g/mol. The lowest BCUT2D eigenvalue weighted by atomic mass is 9.61. The number of ether oxygens (including phenoxy) is 5. The first-order valence-electron chi connectivity index (χ1n) is 14.2. The molecule has 0 spiro atoms. The Bertz CT molecular complexity index is 962. The molecule has 0 N–H and O–H groups in total. The molecule has 2 aliphatic carbocycles. The first kappa shape index (κ1) is 31.1. The van der Waals surface area contributed by atoms with Crippen LogP contribution in [0.5, 0.6) is 0 Å². The Kier molecular flexibility index (Phi) is 11.4. The number of esters is 3. The van der Waals surface area contributed by atoms with Gasteiger partial charge in [-0.25, -0.2) is 0 Å². The maximum atomic E-state index is 12.0. The minimum absolute atomic E-state index is 0.0434. The van der Waals surface area contributed by atoms with Gasteiger partial charge in [-0.05, 0) is 83.0 Å². The summed E-state index contributed by atoms with van der Waals surface area (Å²) in [4.78, 5) is 35.6. The van der Waals surface area contributed by atoms with E-state index >= 15 is 0 Å². The van der Waals surface area contributed by atoms with E-state index < -0.39 is 42.5 Å². The van der Waals surface area contributed by atoms with Crippen LogP contribution < -0.4 is 0 Å². The van der Waals surface area contributed by atoms with Crippen LogP contribution >= 0.6 is 0 Å². The second kappa shape index (κ2) is 14.3. The van der Waals surface area contributed by atoms with Crippen LogP contribution in [0.3, 0.4) is 0 Å². The topological polar surface area (TPSA) is 97.4 Å². The lowest BCUT2D eigenvalue weighted by Crippen LogP contribution is -2.58. The molecule has 39 heavy (non-hydrogen) atoms. The van der Waals surface area contributed by atoms with Crippen LogP contribution in [0, 0.1) is 23.7 Å². The summed E-state index contributed by atoms with van der Waals surface area (Å²) in [7, 11) is 0. The minimum Gasteiger partial charge on any atom is -0.456 e. The molecule has 0 aromatic heterocycles. The van der Waals surface area contributed by atoms with Crippen LogP contribution in [0.4, 0.5) is 0 Å². The van der Waals surface area contributed by atoms with Gasteiger partial charge in [-0.15, -0.1) is 0 Å². The Balaban J connectivity index is 1.83. The highest BCUT2D eigenvalue weighted by Gasteiger charge is 2.48. The Morgan fingerprint density at radius 3 is 2.31 bits per heavy atom. The maximum absolute atomic E-state index is 12.0. The van der Waals surface area contributed by atoms with Crippen LogP contribution in [-0.2, 0) is 38.1 Å². The molecule has 0 amide bonds. The number of hydrogen-bond acceptors (Lipinski definition) is 8. The standard InChI is InChI=1S/C31H46O8/c1-18(2)9-8-10-24(26-14-12-20(4)25-13-11-19(3)15-27(25)26)16-35-31-30(39-23(7)34)29(38-22(6)33)28(17-36-31)37-21(5)32/h9,15,24-31H,4,8,10-14,16-17H2,1-3,5-7H3/t24?,25-,26+,27-,28+,29-,30+,31+/m1/s1. The second-order valence-electron chi connectivity index (χ2n) is 11.5. The Labute approximate surface area is 233 Å². The zero-order valence-electron chi connectivity index (χ0n) is 24.4. The van der Waals surface area contributed by atoms with Crippen LogP contribution in [0.15, 0.2) is 35.5 Å². The normalized spacial score (nSPS) is 31.3. The summed E-state index contributed by atoms with van der Waals surface area (Å²) < 4.78 is 28.7. The first-order valence-corrected chi connectivity index (χ1v) is 14.2. The zero-order chi connectivity index (χ0) is 28.7. The average molecular weight is 547 g/mol. The van der Waals surface area contributed by atoms with Gasteiger partial charge in [0, 0.05) is 20.8 Å². The molecule has 1 heterocycles. The Morgan fingerprint density at radius 2 is 1.67 bits per heavy atom. The fraction of sp³-hybridized carbons (Fsp3) is 0.710. The summed E-state index contributed by atoms with van der Waals surface area (Å²) in [6, 6.07) is 0. The molecule has 1 saturated heterocycles. The van der Waals surface area contributed by atoms with E-state index in [0.717, 1.165) is 38.5 Å². The molecule has 0 aromatic rings. The predicted octanol–water partition coefficient (Wildman–Crippen LogP) is 5.46. The number of carbonyl (C=O) groups excluding carboxylic acids is 3. The summed E-state index contributed by atoms with van der Waals surface area (Å²) in [5.74, 6) is -0.115. The van der Waals surface area contributed by atoms with Crippen molar-refractivity contribution in [1.82, 2.24) is 0 Å². The molecule has 8 nitrogen and oxygen atoms in total. The van der Waals surface area contributed by atoms with E-state index in [1.165, 1.54) is 37.5 Å². The average Bonchev–Trinajstić information content (AvgIpc) is 2.83. The van der Waals surface area contributed by atoms with Crippen molar-refractivity contribution >= 4 is 17.9 Å².